The van der Waals surface area contributed by atoms with Crippen LogP contribution in [0.4, 0.5) is 5.69 Å². The van der Waals surface area contributed by atoms with Crippen molar-refractivity contribution >= 4 is 21.6 Å². The van der Waals surface area contributed by atoms with E-state index in [9.17, 15) is 13.2 Å². The normalized spacial score (nSPS) is 15.3. The van der Waals surface area contributed by atoms with Crippen molar-refractivity contribution in [1.29, 1.82) is 0 Å². The third-order valence-electron chi connectivity index (χ3n) is 3.25. The Morgan fingerprint density at radius 2 is 2.00 bits per heavy atom. The monoisotopic (exact) mass is 296 g/mol. The lowest BCUT2D eigenvalue weighted by molar-refractivity contribution is 0.0793. The molecular weight excluding hydrogens is 276 g/mol. The Labute approximate surface area is 120 Å². The number of carbonyl (C=O) groups is 1. The molecule has 1 fully saturated rings. The fourth-order valence-electron chi connectivity index (χ4n) is 2.32. The molecule has 0 atom stereocenters. The third kappa shape index (κ3) is 3.72. The van der Waals surface area contributed by atoms with Gasteiger partial charge in [0.25, 0.3) is 5.91 Å². The van der Waals surface area contributed by atoms with E-state index in [1.54, 1.807) is 29.2 Å². The number of carbonyl (C=O) groups excluding carboxylic acids is 1. The first kappa shape index (κ1) is 14.8. The Bertz CT molecular complexity index is 578. The molecule has 0 aromatic heterocycles. The second-order valence-corrected chi connectivity index (χ2v) is 6.84. The van der Waals surface area contributed by atoms with Crippen LogP contribution in [0.2, 0.25) is 0 Å². The first-order valence-electron chi connectivity index (χ1n) is 6.91. The average molecular weight is 296 g/mol. The highest BCUT2D eigenvalue weighted by Crippen LogP contribution is 2.17. The quantitative estimate of drug-likeness (QED) is 0.904. The fourth-order valence-corrected chi connectivity index (χ4v) is 3.44. The van der Waals surface area contributed by atoms with Crippen LogP contribution in [0, 0.1) is 0 Å². The number of anilines is 1. The molecule has 6 heteroatoms. The number of hydrogen-bond donors (Lipinski definition) is 1. The van der Waals surface area contributed by atoms with Crippen molar-refractivity contribution in [2.45, 2.75) is 26.2 Å². The molecule has 0 aliphatic carbocycles. The molecule has 1 aliphatic heterocycles. The molecule has 0 radical (unpaired) electrons. The lowest BCUT2D eigenvalue weighted by atomic mass is 10.2. The van der Waals surface area contributed by atoms with Gasteiger partial charge < -0.3 is 4.90 Å². The van der Waals surface area contributed by atoms with Crippen LogP contribution < -0.4 is 4.72 Å². The van der Waals surface area contributed by atoms with E-state index in [2.05, 4.69) is 4.72 Å². The number of nitrogens with one attached hydrogen (secondary N) is 1. The lowest BCUT2D eigenvalue weighted by Gasteiger charge is -2.16. The molecule has 0 unspecified atom stereocenters. The van der Waals surface area contributed by atoms with Crippen LogP contribution in [-0.2, 0) is 10.0 Å². The van der Waals surface area contributed by atoms with Crippen molar-refractivity contribution in [3.05, 3.63) is 29.8 Å². The van der Waals surface area contributed by atoms with Gasteiger partial charge in [0.2, 0.25) is 10.0 Å². The van der Waals surface area contributed by atoms with Gasteiger partial charge in [0.05, 0.1) is 5.75 Å². The number of sulfonamides is 1. The Balaban J connectivity index is 2.13. The van der Waals surface area contributed by atoms with Crippen LogP contribution in [0.3, 0.4) is 0 Å². The summed E-state index contributed by atoms with van der Waals surface area (Å²) in [6.45, 7) is 3.38. The van der Waals surface area contributed by atoms with Crippen LogP contribution in [0.25, 0.3) is 0 Å². The zero-order chi connectivity index (χ0) is 14.6. The van der Waals surface area contributed by atoms with Crippen LogP contribution >= 0.6 is 0 Å². The number of amides is 1. The molecule has 20 heavy (non-hydrogen) atoms. The van der Waals surface area contributed by atoms with Gasteiger partial charge in [-0.05, 0) is 37.5 Å². The van der Waals surface area contributed by atoms with Gasteiger partial charge in [0.1, 0.15) is 0 Å². The largest absolute Gasteiger partial charge is 0.339 e. The van der Waals surface area contributed by atoms with Crippen molar-refractivity contribution in [2.75, 3.05) is 23.6 Å². The van der Waals surface area contributed by atoms with E-state index < -0.39 is 10.0 Å². The lowest BCUT2D eigenvalue weighted by Crippen LogP contribution is -2.27. The molecule has 1 saturated heterocycles. The topological polar surface area (TPSA) is 66.5 Å². The average Bonchev–Trinajstić information content (AvgIpc) is 2.91. The van der Waals surface area contributed by atoms with E-state index >= 15 is 0 Å². The number of benzene rings is 1. The van der Waals surface area contributed by atoms with Gasteiger partial charge in [-0.1, -0.05) is 13.0 Å². The zero-order valence-electron chi connectivity index (χ0n) is 11.6. The minimum Gasteiger partial charge on any atom is -0.339 e. The maximum absolute atomic E-state index is 12.2. The van der Waals surface area contributed by atoms with Crippen LogP contribution in [-0.4, -0.2) is 38.1 Å². The summed E-state index contributed by atoms with van der Waals surface area (Å²) in [7, 11) is -3.32. The Morgan fingerprint density at radius 1 is 1.30 bits per heavy atom. The maximum atomic E-state index is 12.2. The zero-order valence-corrected chi connectivity index (χ0v) is 12.4. The summed E-state index contributed by atoms with van der Waals surface area (Å²) in [5.41, 5.74) is 0.979. The van der Waals surface area contributed by atoms with Gasteiger partial charge in [0, 0.05) is 24.3 Å². The summed E-state index contributed by atoms with van der Waals surface area (Å²) in [6.07, 6.45) is 2.63. The van der Waals surface area contributed by atoms with E-state index in [0.29, 0.717) is 17.7 Å². The molecule has 1 amide bonds. The van der Waals surface area contributed by atoms with Crippen LogP contribution in [0.5, 0.6) is 0 Å². The van der Waals surface area contributed by atoms with Crippen molar-refractivity contribution in [3.8, 4) is 0 Å². The first-order chi connectivity index (χ1) is 9.52. The standard InChI is InChI=1S/C14H20N2O3S/c1-2-10-20(18,19)15-13-7-5-6-12(11-13)14(17)16-8-3-4-9-16/h5-7,11,15H,2-4,8-10H2,1H3. The SMILES string of the molecule is CCCS(=O)(=O)Nc1cccc(C(=O)N2CCCC2)c1. The van der Waals surface area contributed by atoms with Crippen molar-refractivity contribution < 1.29 is 13.2 Å². The van der Waals surface area contributed by atoms with E-state index in [1.165, 1.54) is 0 Å². The summed E-state index contributed by atoms with van der Waals surface area (Å²) in [4.78, 5) is 14.0. The van der Waals surface area contributed by atoms with Gasteiger partial charge in [-0.25, -0.2) is 8.42 Å². The Morgan fingerprint density at radius 3 is 2.65 bits per heavy atom. The smallest absolute Gasteiger partial charge is 0.253 e. The van der Waals surface area contributed by atoms with E-state index in [0.717, 1.165) is 25.9 Å². The van der Waals surface area contributed by atoms with Crippen molar-refractivity contribution in [1.82, 2.24) is 4.90 Å². The maximum Gasteiger partial charge on any atom is 0.253 e. The molecule has 1 N–H and O–H groups in total. The number of rotatable bonds is 5. The molecule has 0 spiro atoms. The molecule has 1 aromatic carbocycles. The predicted octanol–water partition coefficient (Wildman–Crippen LogP) is 2.07. The molecule has 1 aliphatic rings. The fraction of sp³-hybridized carbons (Fsp3) is 0.500. The van der Waals surface area contributed by atoms with Gasteiger partial charge in [0.15, 0.2) is 0 Å². The van der Waals surface area contributed by atoms with Gasteiger partial charge in [-0.15, -0.1) is 0 Å². The second kappa shape index (κ2) is 6.26. The Kier molecular flexibility index (Phi) is 4.65. The highest BCUT2D eigenvalue weighted by atomic mass is 32.2. The molecular formula is C14H20N2O3S. The summed E-state index contributed by atoms with van der Waals surface area (Å²) in [5, 5.41) is 0. The van der Waals surface area contributed by atoms with Crippen LogP contribution in [0.1, 0.15) is 36.5 Å². The molecule has 0 saturated carbocycles. The van der Waals surface area contributed by atoms with Gasteiger partial charge >= 0.3 is 0 Å². The molecule has 110 valence electrons. The van der Waals surface area contributed by atoms with Gasteiger partial charge in [-0.2, -0.15) is 0 Å². The number of nitrogens with zero attached hydrogens (tertiary/aromatic N) is 1. The molecule has 1 aromatic rings. The third-order valence-corrected chi connectivity index (χ3v) is 4.74. The molecule has 1 heterocycles. The van der Waals surface area contributed by atoms with Gasteiger partial charge in [-0.3, -0.25) is 9.52 Å². The minimum atomic E-state index is -3.32. The summed E-state index contributed by atoms with van der Waals surface area (Å²) >= 11 is 0. The molecule has 0 bridgehead atoms. The Hall–Kier alpha value is -1.56. The predicted molar refractivity (Wildman–Crippen MR) is 79.3 cm³/mol. The second-order valence-electron chi connectivity index (χ2n) is 5.00. The minimum absolute atomic E-state index is 0.0287. The number of hydrogen-bond acceptors (Lipinski definition) is 3. The highest BCUT2D eigenvalue weighted by molar-refractivity contribution is 7.92. The summed E-state index contributed by atoms with van der Waals surface area (Å²) < 4.78 is 26.0. The van der Waals surface area contributed by atoms with Crippen LogP contribution in [0.15, 0.2) is 24.3 Å². The molecule has 2 rings (SSSR count). The number of likely N-dealkylation sites (tertiary alicyclic amines) is 1. The van der Waals surface area contributed by atoms with E-state index in [4.69, 9.17) is 0 Å². The summed E-state index contributed by atoms with van der Waals surface area (Å²) in [5.74, 6) is 0.0520. The van der Waals surface area contributed by atoms with Crippen molar-refractivity contribution in [2.24, 2.45) is 0 Å². The molecule has 5 nitrogen and oxygen atoms in total. The van der Waals surface area contributed by atoms with Crippen molar-refractivity contribution in [3.63, 3.8) is 0 Å². The highest BCUT2D eigenvalue weighted by Gasteiger charge is 2.20. The summed E-state index contributed by atoms with van der Waals surface area (Å²) in [6, 6.07) is 6.69. The van der Waals surface area contributed by atoms with E-state index in [-0.39, 0.29) is 11.7 Å². The van der Waals surface area contributed by atoms with E-state index in [1.807, 2.05) is 6.92 Å². The first-order valence-corrected chi connectivity index (χ1v) is 8.57.